The second-order valence-corrected chi connectivity index (χ2v) is 8.72. The number of carbonyl (C=O) groups excluding carboxylic acids is 1. The van der Waals surface area contributed by atoms with Crippen molar-refractivity contribution < 1.29 is 17.9 Å². The van der Waals surface area contributed by atoms with Gasteiger partial charge in [0.1, 0.15) is 12.3 Å². The van der Waals surface area contributed by atoms with E-state index in [0.29, 0.717) is 12.1 Å². The quantitative estimate of drug-likeness (QED) is 0.732. The van der Waals surface area contributed by atoms with Crippen molar-refractivity contribution in [2.45, 2.75) is 33.2 Å². The van der Waals surface area contributed by atoms with Gasteiger partial charge in [0.05, 0.1) is 25.1 Å². The fraction of sp³-hybridized carbons (Fsp3) is 0.381. The highest BCUT2D eigenvalue weighted by Crippen LogP contribution is 2.25. The molecule has 0 aliphatic heterocycles. The van der Waals surface area contributed by atoms with Gasteiger partial charge in [-0.1, -0.05) is 37.3 Å². The lowest BCUT2D eigenvalue weighted by Crippen LogP contribution is -2.41. The van der Waals surface area contributed by atoms with Gasteiger partial charge < -0.3 is 10.1 Å². The number of sulfonamides is 1. The Labute approximate surface area is 167 Å². The van der Waals surface area contributed by atoms with Crippen LogP contribution in [0.15, 0.2) is 42.5 Å². The third-order valence-corrected chi connectivity index (χ3v) is 5.76. The van der Waals surface area contributed by atoms with E-state index in [0.717, 1.165) is 33.0 Å². The Morgan fingerprint density at radius 3 is 2.36 bits per heavy atom. The first-order valence-corrected chi connectivity index (χ1v) is 11.0. The van der Waals surface area contributed by atoms with Crippen LogP contribution in [0.2, 0.25) is 0 Å². The third kappa shape index (κ3) is 5.25. The molecule has 152 valence electrons. The molecule has 6 nitrogen and oxygen atoms in total. The van der Waals surface area contributed by atoms with Gasteiger partial charge in [-0.2, -0.15) is 0 Å². The van der Waals surface area contributed by atoms with Crippen LogP contribution in [-0.2, 0) is 14.8 Å². The predicted octanol–water partition coefficient (Wildman–Crippen LogP) is 3.35. The highest BCUT2D eigenvalue weighted by atomic mass is 32.2. The summed E-state index contributed by atoms with van der Waals surface area (Å²) in [6, 6.07) is 12.7. The second-order valence-electron chi connectivity index (χ2n) is 6.81. The summed E-state index contributed by atoms with van der Waals surface area (Å²) in [7, 11) is -1.98. The number of ether oxygens (including phenoxy) is 1. The zero-order chi connectivity index (χ0) is 20.9. The topological polar surface area (TPSA) is 75.7 Å². The van der Waals surface area contributed by atoms with Crippen LogP contribution in [0.3, 0.4) is 0 Å². The zero-order valence-electron chi connectivity index (χ0n) is 17.0. The zero-order valence-corrected chi connectivity index (χ0v) is 17.8. The molecule has 2 rings (SSSR count). The fourth-order valence-corrected chi connectivity index (χ4v) is 4.05. The van der Waals surface area contributed by atoms with E-state index >= 15 is 0 Å². The summed E-state index contributed by atoms with van der Waals surface area (Å²) >= 11 is 0. The lowest BCUT2D eigenvalue weighted by atomic mass is 10.0. The monoisotopic (exact) mass is 404 g/mol. The third-order valence-electron chi connectivity index (χ3n) is 4.64. The summed E-state index contributed by atoms with van der Waals surface area (Å²) < 4.78 is 31.0. The van der Waals surface area contributed by atoms with Crippen LogP contribution in [0, 0.1) is 13.8 Å². The Hall–Kier alpha value is -2.54. The van der Waals surface area contributed by atoms with Crippen molar-refractivity contribution in [3.05, 3.63) is 59.2 Å². The molecule has 0 aliphatic rings. The highest BCUT2D eigenvalue weighted by molar-refractivity contribution is 7.92. The van der Waals surface area contributed by atoms with Crippen LogP contribution in [0.25, 0.3) is 0 Å². The van der Waals surface area contributed by atoms with Crippen LogP contribution >= 0.6 is 0 Å². The van der Waals surface area contributed by atoms with Crippen LogP contribution < -0.4 is 14.4 Å². The van der Waals surface area contributed by atoms with Crippen molar-refractivity contribution in [2.24, 2.45) is 0 Å². The first-order valence-electron chi connectivity index (χ1n) is 9.14. The van der Waals surface area contributed by atoms with Gasteiger partial charge in [0.2, 0.25) is 15.9 Å². The van der Waals surface area contributed by atoms with E-state index in [9.17, 15) is 13.2 Å². The second kappa shape index (κ2) is 9.10. The number of rotatable bonds is 8. The largest absolute Gasteiger partial charge is 0.496 e. The molecule has 0 saturated carbocycles. The normalized spacial score (nSPS) is 12.3. The highest BCUT2D eigenvalue weighted by Gasteiger charge is 2.23. The van der Waals surface area contributed by atoms with Gasteiger partial charge in [-0.3, -0.25) is 9.10 Å². The average molecular weight is 405 g/mol. The van der Waals surface area contributed by atoms with Gasteiger partial charge >= 0.3 is 0 Å². The van der Waals surface area contributed by atoms with E-state index in [1.165, 1.54) is 0 Å². The van der Waals surface area contributed by atoms with Crippen LogP contribution in [0.1, 0.15) is 36.1 Å². The molecular weight excluding hydrogens is 376 g/mol. The summed E-state index contributed by atoms with van der Waals surface area (Å²) in [6.07, 6.45) is 1.79. The maximum atomic E-state index is 12.7. The van der Waals surface area contributed by atoms with Crippen molar-refractivity contribution >= 4 is 21.6 Å². The smallest absolute Gasteiger partial charge is 0.241 e. The molecule has 0 bridgehead atoms. The van der Waals surface area contributed by atoms with Crippen LogP contribution in [0.5, 0.6) is 5.75 Å². The lowest BCUT2D eigenvalue weighted by molar-refractivity contribution is -0.120. The molecule has 0 fully saturated rings. The summed E-state index contributed by atoms with van der Waals surface area (Å²) in [5.74, 6) is 0.432. The van der Waals surface area contributed by atoms with Crippen LogP contribution in [0.4, 0.5) is 5.69 Å². The minimum atomic E-state index is -3.60. The molecule has 28 heavy (non-hydrogen) atoms. The Balaban J connectivity index is 2.21. The van der Waals surface area contributed by atoms with Crippen molar-refractivity contribution in [1.82, 2.24) is 5.32 Å². The van der Waals surface area contributed by atoms with E-state index in [2.05, 4.69) is 5.32 Å². The number of hydrogen-bond acceptors (Lipinski definition) is 4. The first kappa shape index (κ1) is 21.8. The Kier molecular flexibility index (Phi) is 7.07. The number of hydrogen-bond donors (Lipinski definition) is 1. The molecule has 1 N–H and O–H groups in total. The lowest BCUT2D eigenvalue weighted by Gasteiger charge is -2.25. The molecule has 0 radical (unpaired) electrons. The predicted molar refractivity (Wildman–Crippen MR) is 112 cm³/mol. The summed E-state index contributed by atoms with van der Waals surface area (Å²) in [4.78, 5) is 12.7. The molecule has 0 unspecified atom stereocenters. The Morgan fingerprint density at radius 1 is 1.14 bits per heavy atom. The molecule has 7 heteroatoms. The van der Waals surface area contributed by atoms with E-state index < -0.39 is 10.0 Å². The Morgan fingerprint density at radius 2 is 1.82 bits per heavy atom. The number of carbonyl (C=O) groups is 1. The minimum absolute atomic E-state index is 0.213. The van der Waals surface area contributed by atoms with Gasteiger partial charge in [0, 0.05) is 0 Å². The van der Waals surface area contributed by atoms with E-state index in [1.54, 1.807) is 19.2 Å². The summed E-state index contributed by atoms with van der Waals surface area (Å²) in [5.41, 5.74) is 3.23. The van der Waals surface area contributed by atoms with Crippen molar-refractivity contribution in [3.63, 3.8) is 0 Å². The molecule has 2 aromatic rings. The van der Waals surface area contributed by atoms with Gasteiger partial charge in [-0.15, -0.1) is 0 Å². The maximum absolute atomic E-state index is 12.7. The van der Waals surface area contributed by atoms with Gasteiger partial charge in [0.15, 0.2) is 0 Å². The number of methoxy groups -OCH3 is 1. The number of nitrogens with one attached hydrogen (secondary N) is 1. The minimum Gasteiger partial charge on any atom is -0.496 e. The van der Waals surface area contributed by atoms with Crippen LogP contribution in [-0.4, -0.2) is 34.2 Å². The van der Waals surface area contributed by atoms with Gasteiger partial charge in [-0.05, 0) is 49.1 Å². The van der Waals surface area contributed by atoms with Crippen molar-refractivity contribution in [2.75, 3.05) is 24.2 Å². The average Bonchev–Trinajstić information content (AvgIpc) is 2.64. The SMILES string of the molecule is CC[C@@H](NC(=O)CN(c1ccccc1C)S(C)(=O)=O)c1ccc(OC)c(C)c1. The Bertz CT molecular complexity index is 941. The number of nitrogens with zero attached hydrogens (tertiary/aromatic N) is 1. The van der Waals surface area contributed by atoms with E-state index in [4.69, 9.17) is 4.74 Å². The fourth-order valence-electron chi connectivity index (χ4n) is 3.13. The van der Waals surface area contributed by atoms with Gasteiger partial charge in [0.25, 0.3) is 0 Å². The summed E-state index contributed by atoms with van der Waals surface area (Å²) in [5, 5.41) is 2.95. The summed E-state index contributed by atoms with van der Waals surface area (Å²) in [6.45, 7) is 5.47. The molecule has 0 spiro atoms. The number of aryl methyl sites for hydroxylation is 2. The molecule has 0 aliphatic carbocycles. The molecule has 1 amide bonds. The molecule has 1 atom stereocenters. The number of para-hydroxylation sites is 1. The molecule has 0 aromatic heterocycles. The van der Waals surface area contributed by atoms with Gasteiger partial charge in [-0.25, -0.2) is 8.42 Å². The number of anilines is 1. The van der Waals surface area contributed by atoms with E-state index in [-0.39, 0.29) is 18.5 Å². The van der Waals surface area contributed by atoms with Crippen molar-refractivity contribution in [1.29, 1.82) is 0 Å². The van der Waals surface area contributed by atoms with E-state index in [1.807, 2.05) is 51.1 Å². The molecule has 2 aromatic carbocycles. The molecule has 0 saturated heterocycles. The first-order chi connectivity index (χ1) is 13.2. The maximum Gasteiger partial charge on any atom is 0.241 e. The number of benzene rings is 2. The number of amides is 1. The standard InChI is InChI=1S/C21H28N2O4S/c1-6-18(17-11-12-20(27-4)16(3)13-17)22-21(24)14-23(28(5,25)26)19-10-8-7-9-15(19)2/h7-13,18H,6,14H2,1-5H3,(H,22,24)/t18-/m1/s1. The molecular formula is C21H28N2O4S. The van der Waals surface area contributed by atoms with Crippen molar-refractivity contribution in [3.8, 4) is 5.75 Å². The molecule has 0 heterocycles.